The Labute approximate surface area is 436 Å². The SMILES string of the molecule is CNc1nccc(-c2cc(NC3CCN(c4nc(-c5cc(-c6cc(NC7CCN(c8ncnc(N)c8C(=N)Br)CC7)c7cc(OC)ccc7c6)nc(NC)n5)nc5n[nH]c(Br)c45)C3)c3cc(OC)ccc3c2)n1. The van der Waals surface area contributed by atoms with Gasteiger partial charge in [0.15, 0.2) is 11.5 Å². The number of nitrogen functional groups attached to an aromatic ring is 1. The predicted octanol–water partition coefficient (Wildman–Crippen LogP) is 8.97. The number of hydrogen-bond acceptors (Lipinski definition) is 19. The number of aromatic amines is 1. The Kier molecular flexibility index (Phi) is 12.9. The Bertz CT molecular complexity index is 3590. The number of H-pyrrole nitrogens is 1. The lowest BCUT2D eigenvalue weighted by Crippen LogP contribution is -2.40. The van der Waals surface area contributed by atoms with Gasteiger partial charge in [0.25, 0.3) is 0 Å². The third kappa shape index (κ3) is 9.38. The first-order valence-electron chi connectivity index (χ1n) is 23.7. The molecule has 370 valence electrons. The minimum Gasteiger partial charge on any atom is -0.497 e. The number of benzene rings is 4. The summed E-state index contributed by atoms with van der Waals surface area (Å²) in [6.07, 6.45) is 5.68. The fraction of sp³-hybridized carbons (Fsp3) is 0.255. The van der Waals surface area contributed by atoms with Gasteiger partial charge in [-0.3, -0.25) is 10.5 Å². The van der Waals surface area contributed by atoms with Crippen molar-refractivity contribution in [2.24, 2.45) is 0 Å². The Balaban J connectivity index is 0.902. The summed E-state index contributed by atoms with van der Waals surface area (Å²) in [6.45, 7) is 2.80. The third-order valence-corrected chi connectivity index (χ3v) is 14.4. The molecule has 4 aromatic carbocycles. The van der Waals surface area contributed by atoms with Crippen LogP contribution >= 0.6 is 31.9 Å². The number of methoxy groups -OCH3 is 2. The summed E-state index contributed by atoms with van der Waals surface area (Å²) in [7, 11) is 6.97. The average molecular weight is 1110 g/mol. The van der Waals surface area contributed by atoms with Crippen molar-refractivity contribution in [2.45, 2.75) is 31.3 Å². The highest BCUT2D eigenvalue weighted by atomic mass is 79.9. The van der Waals surface area contributed by atoms with Crippen LogP contribution in [0.25, 0.3) is 66.6 Å². The lowest BCUT2D eigenvalue weighted by atomic mass is 9.99. The second kappa shape index (κ2) is 19.9. The van der Waals surface area contributed by atoms with E-state index in [0.717, 1.165) is 98.3 Å². The molecule has 9 aromatic rings. The quantitative estimate of drug-likeness (QED) is 0.0502. The summed E-state index contributed by atoms with van der Waals surface area (Å²) in [5.41, 5.74) is 13.0. The van der Waals surface area contributed by atoms with E-state index in [0.29, 0.717) is 70.4 Å². The van der Waals surface area contributed by atoms with Crippen molar-refractivity contribution in [3.8, 4) is 45.5 Å². The first-order chi connectivity index (χ1) is 35.6. The number of nitrogens with one attached hydrogen (secondary N) is 6. The Morgan fingerprint density at radius 2 is 1.33 bits per heavy atom. The standard InChI is InChI=1S/C51H50Br2N18O2/c1-56-50-58-13-9-36(63-50)28-17-26-5-7-33(73-4)22-35(26)39(19-28)62-31-12-16-71(24-31)49-42-44(53)68-69-47(42)66-46(67-49)40-23-37(64-51(57-2)65-40)29-18-27-6-8-32(72-3)21-34(27)38(20-29)61-30-10-14-70(15-11-30)48-41(43(52)54)45(55)59-25-60-48/h5-9,13,17-23,25,30-31,54,61-62H,10-12,14-16,24H2,1-4H3,(H2,55,59,60)(H,56,58,63)(H,57,64,65)(H,66,67,68,69). The van der Waals surface area contributed by atoms with Crippen molar-refractivity contribution in [1.82, 2.24) is 50.1 Å². The lowest BCUT2D eigenvalue weighted by Gasteiger charge is -2.34. The summed E-state index contributed by atoms with van der Waals surface area (Å²) in [5, 5.41) is 34.9. The first-order valence-corrected chi connectivity index (χ1v) is 25.3. The predicted molar refractivity (Wildman–Crippen MR) is 296 cm³/mol. The van der Waals surface area contributed by atoms with Gasteiger partial charge in [-0.05, 0) is 123 Å². The first kappa shape index (κ1) is 47.4. The van der Waals surface area contributed by atoms with Gasteiger partial charge < -0.3 is 46.3 Å². The summed E-state index contributed by atoms with van der Waals surface area (Å²) < 4.78 is 12.2. The van der Waals surface area contributed by atoms with E-state index in [-0.39, 0.29) is 22.5 Å². The zero-order chi connectivity index (χ0) is 50.3. The molecule has 8 N–H and O–H groups in total. The summed E-state index contributed by atoms with van der Waals surface area (Å²) in [6, 6.07) is 24.8. The van der Waals surface area contributed by atoms with Gasteiger partial charge in [-0.2, -0.15) is 5.10 Å². The highest BCUT2D eigenvalue weighted by Crippen LogP contribution is 2.39. The molecule has 11 rings (SSSR count). The van der Waals surface area contributed by atoms with Gasteiger partial charge in [0, 0.05) is 91.8 Å². The molecule has 20 nitrogen and oxygen atoms in total. The number of piperidine rings is 1. The van der Waals surface area contributed by atoms with Crippen molar-refractivity contribution in [1.29, 1.82) is 5.41 Å². The molecule has 5 aromatic heterocycles. The van der Waals surface area contributed by atoms with Gasteiger partial charge in [-0.1, -0.05) is 12.1 Å². The molecule has 22 heteroatoms. The molecule has 0 bridgehead atoms. The van der Waals surface area contributed by atoms with Crippen LogP contribution in [0.5, 0.6) is 11.5 Å². The Morgan fingerprint density at radius 3 is 2.00 bits per heavy atom. The molecule has 0 radical (unpaired) electrons. The smallest absolute Gasteiger partial charge is 0.223 e. The molecule has 0 amide bonds. The number of rotatable bonds is 14. The summed E-state index contributed by atoms with van der Waals surface area (Å²) in [5.74, 6) is 4.57. The van der Waals surface area contributed by atoms with E-state index in [1.54, 1.807) is 27.5 Å². The molecule has 1 atom stereocenters. The molecular formula is C51H50Br2N18O2. The average Bonchev–Trinajstić information content (AvgIpc) is 4.06. The third-order valence-electron chi connectivity index (χ3n) is 13.4. The van der Waals surface area contributed by atoms with Gasteiger partial charge in [0.05, 0.1) is 36.6 Å². The fourth-order valence-electron chi connectivity index (χ4n) is 9.73. The maximum Gasteiger partial charge on any atom is 0.223 e. The van der Waals surface area contributed by atoms with E-state index >= 15 is 0 Å². The van der Waals surface area contributed by atoms with Crippen molar-refractivity contribution < 1.29 is 9.47 Å². The minimum atomic E-state index is 0.0623. The largest absolute Gasteiger partial charge is 0.497 e. The van der Waals surface area contributed by atoms with Gasteiger partial charge in [0.2, 0.25) is 11.9 Å². The molecule has 2 fully saturated rings. The number of aromatic nitrogens is 10. The lowest BCUT2D eigenvalue weighted by molar-refractivity contribution is 0.415. The second-order valence-corrected chi connectivity index (χ2v) is 19.4. The summed E-state index contributed by atoms with van der Waals surface area (Å²) in [4.78, 5) is 42.3. The van der Waals surface area contributed by atoms with Gasteiger partial charge in [0.1, 0.15) is 50.2 Å². The van der Waals surface area contributed by atoms with Crippen LogP contribution in [0, 0.1) is 5.41 Å². The van der Waals surface area contributed by atoms with Crippen molar-refractivity contribution >= 4 is 110 Å². The second-order valence-electron chi connectivity index (χ2n) is 17.8. The number of anilines is 7. The maximum atomic E-state index is 8.26. The van der Waals surface area contributed by atoms with E-state index in [2.05, 4.69) is 137 Å². The maximum absolute atomic E-state index is 8.26. The Hall–Kier alpha value is -7.98. The van der Waals surface area contributed by atoms with E-state index in [1.807, 2.05) is 31.3 Å². The van der Waals surface area contributed by atoms with Crippen LogP contribution in [0.4, 0.5) is 40.7 Å². The molecule has 73 heavy (non-hydrogen) atoms. The molecule has 2 saturated heterocycles. The topological polar surface area (TPSA) is 255 Å². The molecule has 7 heterocycles. The zero-order valence-corrected chi connectivity index (χ0v) is 43.4. The number of ether oxygens (including phenoxy) is 2. The van der Waals surface area contributed by atoms with Crippen molar-refractivity contribution in [2.75, 3.05) is 91.3 Å². The number of fused-ring (bicyclic) bond motifs is 3. The van der Waals surface area contributed by atoms with Crippen LogP contribution in [0.2, 0.25) is 0 Å². The van der Waals surface area contributed by atoms with Crippen LogP contribution in [0.15, 0.2) is 89.9 Å². The molecule has 2 aliphatic rings. The van der Waals surface area contributed by atoms with Gasteiger partial charge in [-0.25, -0.2) is 39.9 Å². The Morgan fingerprint density at radius 1 is 0.699 bits per heavy atom. The highest BCUT2D eigenvalue weighted by Gasteiger charge is 2.30. The number of nitrogens with zero attached hydrogens (tertiary/aromatic N) is 11. The highest BCUT2D eigenvalue weighted by molar-refractivity contribution is 9.18. The van der Waals surface area contributed by atoms with E-state index in [9.17, 15) is 0 Å². The number of nitrogens with two attached hydrogens (primary N) is 1. The van der Waals surface area contributed by atoms with Crippen LogP contribution in [-0.2, 0) is 0 Å². The van der Waals surface area contributed by atoms with Crippen LogP contribution < -0.4 is 46.3 Å². The number of halogens is 2. The molecule has 0 saturated carbocycles. The van der Waals surface area contributed by atoms with Crippen LogP contribution in [0.1, 0.15) is 24.8 Å². The van der Waals surface area contributed by atoms with E-state index in [1.165, 1.54) is 6.33 Å². The zero-order valence-electron chi connectivity index (χ0n) is 40.3. The molecule has 2 aliphatic heterocycles. The van der Waals surface area contributed by atoms with Crippen LogP contribution in [0.3, 0.4) is 0 Å². The van der Waals surface area contributed by atoms with E-state index in [4.69, 9.17) is 45.5 Å². The molecular weight excluding hydrogens is 1060 g/mol. The van der Waals surface area contributed by atoms with Crippen molar-refractivity contribution in [3.63, 3.8) is 0 Å². The van der Waals surface area contributed by atoms with Gasteiger partial charge in [-0.15, -0.1) is 0 Å². The molecule has 0 spiro atoms. The van der Waals surface area contributed by atoms with Crippen molar-refractivity contribution in [3.05, 3.63) is 95.5 Å². The molecule has 1 unspecified atom stereocenters. The minimum absolute atomic E-state index is 0.0623. The summed E-state index contributed by atoms with van der Waals surface area (Å²) >= 11 is 7.01. The fourth-order valence-corrected chi connectivity index (χ4v) is 10.5. The van der Waals surface area contributed by atoms with Gasteiger partial charge >= 0.3 is 0 Å². The monoisotopic (exact) mass is 1100 g/mol. The number of hydrogen-bond donors (Lipinski definition) is 7. The van der Waals surface area contributed by atoms with E-state index < -0.39 is 0 Å². The molecule has 0 aliphatic carbocycles. The normalized spacial score (nSPS) is 15.0. The van der Waals surface area contributed by atoms with Crippen LogP contribution in [-0.4, -0.2) is 121 Å².